The summed E-state index contributed by atoms with van der Waals surface area (Å²) in [5.74, 6) is -0.267. The zero-order valence-corrected chi connectivity index (χ0v) is 8.79. The van der Waals surface area contributed by atoms with Crippen LogP contribution in [0.2, 0.25) is 0 Å². The largest absolute Gasteiger partial charge is 0.394 e. The van der Waals surface area contributed by atoms with Crippen molar-refractivity contribution in [1.29, 1.82) is 0 Å². The molecule has 7 heteroatoms. The molecule has 0 saturated heterocycles. The van der Waals surface area contributed by atoms with Crippen LogP contribution in [-0.4, -0.2) is 41.4 Å². The summed E-state index contributed by atoms with van der Waals surface area (Å²) in [6, 6.07) is 2.72. The second kappa shape index (κ2) is 5.99. The van der Waals surface area contributed by atoms with E-state index in [1.54, 1.807) is 6.07 Å². The second-order valence-electron chi connectivity index (χ2n) is 3.11. The van der Waals surface area contributed by atoms with E-state index in [1.807, 2.05) is 0 Å². The number of aliphatic hydroxyl groups excluding tert-OH is 1. The van der Waals surface area contributed by atoms with Crippen molar-refractivity contribution in [2.75, 3.05) is 25.6 Å². The quantitative estimate of drug-likeness (QED) is 0.539. The Bertz CT molecular complexity index is 358. The fourth-order valence-corrected chi connectivity index (χ4v) is 1.22. The van der Waals surface area contributed by atoms with Crippen molar-refractivity contribution in [1.82, 2.24) is 4.98 Å². The molecule has 0 fully saturated rings. The van der Waals surface area contributed by atoms with Crippen molar-refractivity contribution >= 4 is 11.5 Å². The minimum Gasteiger partial charge on any atom is -0.394 e. The molecule has 0 bridgehead atoms. The monoisotopic (exact) mass is 227 g/mol. The van der Waals surface area contributed by atoms with Crippen molar-refractivity contribution in [2.24, 2.45) is 0 Å². The van der Waals surface area contributed by atoms with Crippen LogP contribution in [0, 0.1) is 10.1 Å². The summed E-state index contributed by atoms with van der Waals surface area (Å²) in [4.78, 5) is 13.7. The first-order valence-corrected chi connectivity index (χ1v) is 4.64. The van der Waals surface area contributed by atoms with Crippen molar-refractivity contribution in [2.45, 2.75) is 6.04 Å². The smallest absolute Gasteiger partial charge is 0.386 e. The number of rotatable bonds is 6. The molecule has 0 aliphatic carbocycles. The lowest BCUT2D eigenvalue weighted by Gasteiger charge is -2.15. The predicted molar refractivity (Wildman–Crippen MR) is 57.3 cm³/mol. The van der Waals surface area contributed by atoms with Crippen LogP contribution in [0.3, 0.4) is 0 Å². The summed E-state index contributed by atoms with van der Waals surface area (Å²) < 4.78 is 4.85. The first-order chi connectivity index (χ1) is 7.69. The number of pyridine rings is 1. The topological polar surface area (TPSA) is 97.5 Å². The average molecular weight is 227 g/mol. The van der Waals surface area contributed by atoms with E-state index in [0.29, 0.717) is 0 Å². The molecule has 1 aromatic rings. The summed E-state index contributed by atoms with van der Waals surface area (Å²) >= 11 is 0. The van der Waals surface area contributed by atoms with Crippen molar-refractivity contribution in [3.8, 4) is 0 Å². The van der Waals surface area contributed by atoms with Gasteiger partial charge in [-0.3, -0.25) is 0 Å². The number of methoxy groups -OCH3 is 1. The van der Waals surface area contributed by atoms with Crippen LogP contribution in [0.15, 0.2) is 18.3 Å². The maximum absolute atomic E-state index is 10.7. The molecule has 0 spiro atoms. The Labute approximate surface area is 92.2 Å². The Morgan fingerprint density at radius 1 is 1.75 bits per heavy atom. The molecule has 16 heavy (non-hydrogen) atoms. The van der Waals surface area contributed by atoms with Crippen molar-refractivity contribution in [3.05, 3.63) is 28.4 Å². The summed E-state index contributed by atoms with van der Waals surface area (Å²) in [6.07, 6.45) is 1.34. The highest BCUT2D eigenvalue weighted by Crippen LogP contribution is 2.20. The molecule has 2 N–H and O–H groups in total. The summed E-state index contributed by atoms with van der Waals surface area (Å²) in [5.41, 5.74) is 0.267. The predicted octanol–water partition coefficient (Wildman–Crippen LogP) is 0.409. The number of nitro groups is 1. The molecule has 7 nitrogen and oxygen atoms in total. The van der Waals surface area contributed by atoms with Gasteiger partial charge in [-0.25, -0.2) is 0 Å². The molecule has 0 aliphatic heterocycles. The first-order valence-electron chi connectivity index (χ1n) is 4.64. The van der Waals surface area contributed by atoms with Crippen LogP contribution in [0.25, 0.3) is 0 Å². The third-order valence-electron chi connectivity index (χ3n) is 1.91. The van der Waals surface area contributed by atoms with Crippen molar-refractivity contribution in [3.63, 3.8) is 0 Å². The van der Waals surface area contributed by atoms with Gasteiger partial charge in [-0.05, 0) is 22.0 Å². The number of nitrogens with zero attached hydrogens (tertiary/aromatic N) is 2. The Kier molecular flexibility index (Phi) is 4.62. The van der Waals surface area contributed by atoms with E-state index >= 15 is 0 Å². The standard InChI is InChI=1S/C9H13N3O4/c1-16-6-7(5-13)11-8-3-2-4-10-9(8)12(14)15/h2-4,7,11,13H,5-6H2,1H3. The van der Waals surface area contributed by atoms with Gasteiger partial charge in [0.2, 0.25) is 0 Å². The zero-order valence-electron chi connectivity index (χ0n) is 8.79. The van der Waals surface area contributed by atoms with Gasteiger partial charge in [0.1, 0.15) is 11.9 Å². The van der Waals surface area contributed by atoms with Gasteiger partial charge in [0.15, 0.2) is 0 Å². The molecule has 0 saturated carbocycles. The van der Waals surface area contributed by atoms with E-state index in [1.165, 1.54) is 19.4 Å². The Morgan fingerprint density at radius 2 is 2.50 bits per heavy atom. The first kappa shape index (κ1) is 12.3. The summed E-state index contributed by atoms with van der Waals surface area (Å²) in [6.45, 7) is 0.0719. The third kappa shape index (κ3) is 3.14. The highest BCUT2D eigenvalue weighted by Gasteiger charge is 2.17. The highest BCUT2D eigenvalue weighted by atomic mass is 16.6. The third-order valence-corrected chi connectivity index (χ3v) is 1.91. The SMILES string of the molecule is COCC(CO)Nc1cccnc1[N+](=O)[O-]. The van der Waals surface area contributed by atoms with Gasteiger partial charge >= 0.3 is 5.82 Å². The van der Waals surface area contributed by atoms with Crippen LogP contribution >= 0.6 is 0 Å². The number of aromatic nitrogens is 1. The van der Waals surface area contributed by atoms with E-state index in [2.05, 4.69) is 10.3 Å². The molecule has 1 heterocycles. The molecular weight excluding hydrogens is 214 g/mol. The fraction of sp³-hybridized carbons (Fsp3) is 0.444. The van der Waals surface area contributed by atoms with Crippen molar-refractivity contribution < 1.29 is 14.8 Å². The lowest BCUT2D eigenvalue weighted by molar-refractivity contribution is -0.388. The number of hydrogen-bond acceptors (Lipinski definition) is 6. The van der Waals surface area contributed by atoms with Gasteiger partial charge in [0.05, 0.1) is 19.3 Å². The molecule has 0 aromatic carbocycles. The molecule has 1 atom stereocenters. The summed E-state index contributed by atoms with van der Waals surface area (Å²) in [5, 5.41) is 22.5. The second-order valence-corrected chi connectivity index (χ2v) is 3.11. The normalized spacial score (nSPS) is 12.1. The Hall–Kier alpha value is -1.73. The maximum Gasteiger partial charge on any atom is 0.386 e. The Balaban J connectivity index is 2.82. The molecule has 0 radical (unpaired) electrons. The van der Waals surface area contributed by atoms with Crippen LogP contribution in [0.4, 0.5) is 11.5 Å². The molecule has 1 unspecified atom stereocenters. The van der Waals surface area contributed by atoms with Crippen LogP contribution < -0.4 is 5.32 Å². The molecule has 1 rings (SSSR count). The molecule has 0 aliphatic rings. The minimum absolute atomic E-state index is 0.181. The van der Waals surface area contributed by atoms with E-state index in [0.717, 1.165) is 0 Å². The number of hydrogen-bond donors (Lipinski definition) is 2. The average Bonchev–Trinajstić information content (AvgIpc) is 2.29. The van der Waals surface area contributed by atoms with Gasteiger partial charge < -0.3 is 25.3 Å². The van der Waals surface area contributed by atoms with Crippen LogP contribution in [0.1, 0.15) is 0 Å². The number of ether oxygens (including phenoxy) is 1. The Morgan fingerprint density at radius 3 is 3.06 bits per heavy atom. The fourth-order valence-electron chi connectivity index (χ4n) is 1.22. The van der Waals surface area contributed by atoms with E-state index in [-0.39, 0.29) is 24.7 Å². The lowest BCUT2D eigenvalue weighted by atomic mass is 10.3. The van der Waals surface area contributed by atoms with E-state index in [4.69, 9.17) is 9.84 Å². The van der Waals surface area contributed by atoms with Crippen LogP contribution in [0.5, 0.6) is 0 Å². The zero-order chi connectivity index (χ0) is 12.0. The van der Waals surface area contributed by atoms with Gasteiger partial charge in [-0.2, -0.15) is 0 Å². The molecule has 0 amide bonds. The van der Waals surface area contributed by atoms with Gasteiger partial charge in [0, 0.05) is 7.11 Å². The molecule has 88 valence electrons. The minimum atomic E-state index is -0.580. The number of anilines is 1. The number of aliphatic hydroxyl groups is 1. The van der Waals surface area contributed by atoms with E-state index < -0.39 is 11.0 Å². The van der Waals surface area contributed by atoms with E-state index in [9.17, 15) is 10.1 Å². The lowest BCUT2D eigenvalue weighted by Crippen LogP contribution is -2.29. The van der Waals surface area contributed by atoms with Gasteiger partial charge in [-0.15, -0.1) is 0 Å². The molecule has 1 aromatic heterocycles. The number of nitrogens with one attached hydrogen (secondary N) is 1. The highest BCUT2D eigenvalue weighted by molar-refractivity contribution is 5.57. The maximum atomic E-state index is 10.7. The van der Waals surface area contributed by atoms with Gasteiger partial charge in [0.25, 0.3) is 0 Å². The van der Waals surface area contributed by atoms with Gasteiger partial charge in [-0.1, -0.05) is 0 Å². The van der Waals surface area contributed by atoms with Crippen LogP contribution in [-0.2, 0) is 4.74 Å². The summed E-state index contributed by atoms with van der Waals surface area (Å²) in [7, 11) is 1.49. The molecular formula is C9H13N3O4.